The van der Waals surface area contributed by atoms with Gasteiger partial charge < -0.3 is 5.11 Å². The summed E-state index contributed by atoms with van der Waals surface area (Å²) in [5, 5.41) is 9.27. The first kappa shape index (κ1) is 18.0. The van der Waals surface area contributed by atoms with Crippen molar-refractivity contribution < 1.29 is 18.3 Å². The summed E-state index contributed by atoms with van der Waals surface area (Å²) in [6, 6.07) is 4.73. The van der Waals surface area contributed by atoms with Gasteiger partial charge >= 0.3 is 5.97 Å². The molecule has 142 valence electrons. The first-order valence-corrected chi connectivity index (χ1v) is 11.3. The van der Waals surface area contributed by atoms with Crippen LogP contribution in [0.25, 0.3) is 0 Å². The van der Waals surface area contributed by atoms with Crippen LogP contribution in [0.3, 0.4) is 0 Å². The maximum absolute atomic E-state index is 13.1. The van der Waals surface area contributed by atoms with Crippen molar-refractivity contribution in [2.45, 2.75) is 63.2 Å². The Kier molecular flexibility index (Phi) is 3.86. The molecule has 1 aliphatic heterocycles. The van der Waals surface area contributed by atoms with E-state index in [0.29, 0.717) is 11.8 Å². The van der Waals surface area contributed by atoms with E-state index >= 15 is 0 Å². The second-order valence-electron chi connectivity index (χ2n) is 9.51. The Morgan fingerprint density at radius 1 is 1.12 bits per heavy atom. The van der Waals surface area contributed by atoms with Crippen LogP contribution in [-0.4, -0.2) is 25.2 Å². The molecule has 2 aliphatic carbocycles. The fraction of sp³-hybridized carbons (Fsp3) is 0.667. The van der Waals surface area contributed by atoms with E-state index in [1.807, 2.05) is 0 Å². The summed E-state index contributed by atoms with van der Waals surface area (Å²) in [6.45, 7) is 6.90. The van der Waals surface area contributed by atoms with Crippen LogP contribution >= 0.6 is 0 Å². The monoisotopic (exact) mass is 376 g/mol. The van der Waals surface area contributed by atoms with E-state index in [1.165, 1.54) is 18.9 Å². The quantitative estimate of drug-likeness (QED) is 0.794. The summed E-state index contributed by atoms with van der Waals surface area (Å²) < 4.78 is 26.2. The van der Waals surface area contributed by atoms with Crippen molar-refractivity contribution in [1.82, 2.24) is 0 Å². The second-order valence-corrected chi connectivity index (χ2v) is 11.5. The molecule has 1 N–H and O–H groups in total. The van der Waals surface area contributed by atoms with Gasteiger partial charge in [0, 0.05) is 0 Å². The predicted octanol–water partition coefficient (Wildman–Crippen LogP) is 4.28. The van der Waals surface area contributed by atoms with E-state index in [1.54, 1.807) is 12.1 Å². The van der Waals surface area contributed by atoms with E-state index in [0.717, 1.165) is 24.8 Å². The van der Waals surface area contributed by atoms with Crippen LogP contribution in [0.15, 0.2) is 23.1 Å². The summed E-state index contributed by atoms with van der Waals surface area (Å²) >= 11 is 0. The maximum atomic E-state index is 13.1. The SMILES string of the molecule is CC1(C)CCCC2C1CCC1(C)c3ccc(C(=O)O)cc3S(=O)(=O)CC21. The molecule has 0 aromatic heterocycles. The summed E-state index contributed by atoms with van der Waals surface area (Å²) in [6.07, 6.45) is 5.63. The summed E-state index contributed by atoms with van der Waals surface area (Å²) in [4.78, 5) is 11.6. The smallest absolute Gasteiger partial charge is 0.335 e. The molecule has 3 aliphatic rings. The molecule has 2 fully saturated rings. The van der Waals surface area contributed by atoms with Gasteiger partial charge in [0.25, 0.3) is 0 Å². The van der Waals surface area contributed by atoms with Crippen LogP contribution in [0.4, 0.5) is 0 Å². The Balaban J connectivity index is 1.85. The molecule has 4 nitrogen and oxygen atoms in total. The van der Waals surface area contributed by atoms with Crippen molar-refractivity contribution in [2.75, 3.05) is 5.75 Å². The lowest BCUT2D eigenvalue weighted by Gasteiger charge is -2.58. The number of sulfone groups is 1. The fourth-order valence-electron chi connectivity index (χ4n) is 6.31. The third-order valence-corrected chi connectivity index (χ3v) is 9.57. The zero-order chi connectivity index (χ0) is 18.9. The summed E-state index contributed by atoms with van der Waals surface area (Å²) in [5.74, 6) is 0.252. The normalized spacial score (nSPS) is 37.1. The number of hydrogen-bond acceptors (Lipinski definition) is 3. The largest absolute Gasteiger partial charge is 0.478 e. The predicted molar refractivity (Wildman–Crippen MR) is 100 cm³/mol. The molecule has 5 heteroatoms. The lowest BCUT2D eigenvalue weighted by molar-refractivity contribution is -0.0269. The highest BCUT2D eigenvalue weighted by Crippen LogP contribution is 2.60. The van der Waals surface area contributed by atoms with Crippen LogP contribution in [-0.2, 0) is 15.3 Å². The topological polar surface area (TPSA) is 71.4 Å². The Morgan fingerprint density at radius 2 is 1.85 bits per heavy atom. The molecule has 26 heavy (non-hydrogen) atoms. The van der Waals surface area contributed by atoms with E-state index in [4.69, 9.17) is 0 Å². The van der Waals surface area contributed by atoms with Crippen molar-refractivity contribution in [3.05, 3.63) is 29.3 Å². The number of benzene rings is 1. The molecule has 4 atom stereocenters. The van der Waals surface area contributed by atoms with Crippen LogP contribution < -0.4 is 0 Å². The van der Waals surface area contributed by atoms with E-state index in [-0.39, 0.29) is 33.0 Å². The minimum Gasteiger partial charge on any atom is -0.478 e. The minimum absolute atomic E-state index is 0.0573. The molecular weight excluding hydrogens is 348 g/mol. The lowest BCUT2D eigenvalue weighted by atomic mass is 9.49. The van der Waals surface area contributed by atoms with Crippen molar-refractivity contribution in [3.63, 3.8) is 0 Å². The van der Waals surface area contributed by atoms with Crippen LogP contribution in [0.2, 0.25) is 0 Å². The van der Waals surface area contributed by atoms with Crippen LogP contribution in [0, 0.1) is 23.2 Å². The van der Waals surface area contributed by atoms with Gasteiger partial charge in [-0.2, -0.15) is 0 Å². The van der Waals surface area contributed by atoms with Gasteiger partial charge in [-0.3, -0.25) is 0 Å². The highest BCUT2D eigenvalue weighted by molar-refractivity contribution is 7.91. The second kappa shape index (κ2) is 5.57. The number of fused-ring (bicyclic) bond motifs is 5. The highest BCUT2D eigenvalue weighted by atomic mass is 32.2. The zero-order valence-corrected chi connectivity index (χ0v) is 16.6. The highest BCUT2D eigenvalue weighted by Gasteiger charge is 2.56. The average molecular weight is 377 g/mol. The molecule has 1 aromatic rings. The van der Waals surface area contributed by atoms with Gasteiger partial charge in [0.05, 0.1) is 16.2 Å². The third kappa shape index (κ3) is 2.46. The number of hydrogen-bond donors (Lipinski definition) is 1. The Labute approximate surface area is 155 Å². The molecule has 0 amide bonds. The number of carboxylic acids is 1. The molecule has 1 aromatic carbocycles. The molecule has 1 heterocycles. The van der Waals surface area contributed by atoms with Gasteiger partial charge in [-0.15, -0.1) is 0 Å². The van der Waals surface area contributed by atoms with Gasteiger partial charge in [-0.25, -0.2) is 13.2 Å². The number of aromatic carboxylic acids is 1. The molecular formula is C21H28O4S. The van der Waals surface area contributed by atoms with Crippen LogP contribution in [0.1, 0.15) is 68.8 Å². The van der Waals surface area contributed by atoms with Gasteiger partial charge in [0.1, 0.15) is 0 Å². The van der Waals surface area contributed by atoms with E-state index in [2.05, 4.69) is 20.8 Å². The standard InChI is InChI=1S/C21H28O4S/c1-20(2)9-4-5-14-15(20)8-10-21(3)16-7-6-13(19(22)23)11-18(16)26(24,25)12-17(14)21/h6-7,11,14-15,17H,4-5,8-10,12H2,1-3H3,(H,22,23). The van der Waals surface area contributed by atoms with Gasteiger partial charge in [-0.05, 0) is 72.0 Å². The third-order valence-electron chi connectivity index (χ3n) is 7.77. The first-order valence-electron chi connectivity index (χ1n) is 9.67. The van der Waals surface area contributed by atoms with Gasteiger partial charge in [0.15, 0.2) is 9.84 Å². The summed E-state index contributed by atoms with van der Waals surface area (Å²) in [7, 11) is -3.46. The molecule has 0 bridgehead atoms. The Hall–Kier alpha value is -1.36. The first-order chi connectivity index (χ1) is 12.1. The average Bonchev–Trinajstić information content (AvgIpc) is 2.56. The van der Waals surface area contributed by atoms with Crippen molar-refractivity contribution in [3.8, 4) is 0 Å². The molecule has 0 spiro atoms. The molecule has 0 saturated heterocycles. The van der Waals surface area contributed by atoms with E-state index in [9.17, 15) is 18.3 Å². The van der Waals surface area contributed by atoms with Crippen molar-refractivity contribution in [1.29, 1.82) is 0 Å². The summed E-state index contributed by atoms with van der Waals surface area (Å²) in [5.41, 5.74) is 1.01. The number of carbonyl (C=O) groups is 1. The Bertz CT molecular complexity index is 870. The van der Waals surface area contributed by atoms with Crippen molar-refractivity contribution in [2.24, 2.45) is 23.2 Å². The minimum atomic E-state index is -3.46. The fourth-order valence-corrected chi connectivity index (χ4v) is 8.52. The molecule has 2 saturated carbocycles. The molecule has 4 unspecified atom stereocenters. The zero-order valence-electron chi connectivity index (χ0n) is 15.8. The lowest BCUT2D eigenvalue weighted by Crippen LogP contribution is -2.54. The number of carboxylic acid groups (broad SMARTS) is 1. The van der Waals surface area contributed by atoms with Gasteiger partial charge in [0.2, 0.25) is 0 Å². The maximum Gasteiger partial charge on any atom is 0.335 e. The molecule has 0 radical (unpaired) electrons. The van der Waals surface area contributed by atoms with Crippen LogP contribution in [0.5, 0.6) is 0 Å². The van der Waals surface area contributed by atoms with Crippen molar-refractivity contribution >= 4 is 15.8 Å². The van der Waals surface area contributed by atoms with Gasteiger partial charge in [-0.1, -0.05) is 33.3 Å². The molecule has 4 rings (SSSR count). The van der Waals surface area contributed by atoms with E-state index < -0.39 is 15.8 Å². The Morgan fingerprint density at radius 3 is 2.54 bits per heavy atom. The number of rotatable bonds is 1.